The molecule has 0 bridgehead atoms. The second-order valence-corrected chi connectivity index (χ2v) is 7.01. The zero-order valence-corrected chi connectivity index (χ0v) is 16.1. The predicted octanol–water partition coefficient (Wildman–Crippen LogP) is 3.30. The molecule has 1 aromatic heterocycles. The van der Waals surface area contributed by atoms with Crippen molar-refractivity contribution in [2.24, 2.45) is 0 Å². The number of rotatable bonds is 5. The van der Waals surface area contributed by atoms with Gasteiger partial charge in [-0.2, -0.15) is 4.98 Å². The molecule has 0 aliphatic carbocycles. The third-order valence-electron chi connectivity index (χ3n) is 5.18. The molecule has 0 saturated heterocycles. The number of amides is 1. The maximum absolute atomic E-state index is 13.1. The number of hydrogen-bond acceptors (Lipinski definition) is 5. The number of nitrogens with zero attached hydrogens (tertiary/aromatic N) is 3. The fourth-order valence-electron chi connectivity index (χ4n) is 3.82. The van der Waals surface area contributed by atoms with Gasteiger partial charge in [-0.15, -0.1) is 0 Å². The summed E-state index contributed by atoms with van der Waals surface area (Å²) in [5.41, 5.74) is 3.61. The first-order valence-corrected chi connectivity index (χ1v) is 9.43. The quantitative estimate of drug-likeness (QED) is 0.682. The van der Waals surface area contributed by atoms with E-state index < -0.39 is 0 Å². The van der Waals surface area contributed by atoms with Crippen LogP contribution in [0.2, 0.25) is 0 Å². The van der Waals surface area contributed by atoms with Crippen LogP contribution in [-0.2, 0) is 24.1 Å². The molecular formula is C22H23N3O3. The van der Waals surface area contributed by atoms with E-state index in [2.05, 4.69) is 34.4 Å². The molecule has 1 unspecified atom stereocenters. The maximum Gasteiger partial charge on any atom is 0.230 e. The Morgan fingerprint density at radius 2 is 2.07 bits per heavy atom. The summed E-state index contributed by atoms with van der Waals surface area (Å²) in [5.74, 6) is 1.77. The summed E-state index contributed by atoms with van der Waals surface area (Å²) >= 11 is 0. The third kappa shape index (κ3) is 3.76. The molecular weight excluding hydrogens is 354 g/mol. The summed E-state index contributed by atoms with van der Waals surface area (Å²) in [6.45, 7) is 2.39. The highest BCUT2D eigenvalue weighted by atomic mass is 16.5. The lowest BCUT2D eigenvalue weighted by Crippen LogP contribution is -2.42. The number of aryl methyl sites for hydroxylation is 1. The van der Waals surface area contributed by atoms with Crippen LogP contribution in [0.3, 0.4) is 0 Å². The van der Waals surface area contributed by atoms with Crippen LogP contribution in [-0.4, -0.2) is 34.6 Å². The van der Waals surface area contributed by atoms with Gasteiger partial charge in [0.25, 0.3) is 0 Å². The van der Waals surface area contributed by atoms with E-state index in [1.807, 2.05) is 29.2 Å². The first-order valence-electron chi connectivity index (χ1n) is 9.43. The van der Waals surface area contributed by atoms with Crippen molar-refractivity contribution < 1.29 is 14.1 Å². The van der Waals surface area contributed by atoms with Crippen molar-refractivity contribution in [3.8, 4) is 5.75 Å². The monoisotopic (exact) mass is 377 g/mol. The molecule has 4 rings (SSSR count). The molecule has 0 fully saturated rings. The molecule has 0 radical (unpaired) electrons. The number of methoxy groups -OCH3 is 1. The molecule has 1 atom stereocenters. The molecule has 1 aliphatic heterocycles. The summed E-state index contributed by atoms with van der Waals surface area (Å²) in [5, 5.41) is 3.88. The molecule has 2 heterocycles. The highest BCUT2D eigenvalue weighted by molar-refractivity contribution is 5.79. The Hall–Kier alpha value is -3.15. The molecule has 3 aromatic rings. The summed E-state index contributed by atoms with van der Waals surface area (Å²) < 4.78 is 10.4. The summed E-state index contributed by atoms with van der Waals surface area (Å²) in [4.78, 5) is 19.2. The lowest BCUT2D eigenvalue weighted by molar-refractivity contribution is -0.133. The van der Waals surface area contributed by atoms with Crippen molar-refractivity contribution in [3.05, 3.63) is 76.9 Å². The number of ether oxygens (including phenoxy) is 1. The Balaban J connectivity index is 1.64. The predicted molar refractivity (Wildman–Crippen MR) is 104 cm³/mol. The number of carbonyl (C=O) groups is 1. The van der Waals surface area contributed by atoms with E-state index in [0.717, 1.165) is 18.6 Å². The van der Waals surface area contributed by atoms with Gasteiger partial charge in [0, 0.05) is 13.5 Å². The minimum absolute atomic E-state index is 0.0169. The van der Waals surface area contributed by atoms with Gasteiger partial charge in [0.1, 0.15) is 5.75 Å². The van der Waals surface area contributed by atoms with Crippen LogP contribution in [0.1, 0.15) is 34.4 Å². The summed E-state index contributed by atoms with van der Waals surface area (Å²) in [6, 6.07) is 16.4. The Morgan fingerprint density at radius 3 is 2.79 bits per heavy atom. The molecule has 0 spiro atoms. The largest absolute Gasteiger partial charge is 0.497 e. The number of benzene rings is 2. The number of aromatic nitrogens is 2. The van der Waals surface area contributed by atoms with E-state index in [-0.39, 0.29) is 18.4 Å². The minimum Gasteiger partial charge on any atom is -0.497 e. The fourth-order valence-corrected chi connectivity index (χ4v) is 3.82. The van der Waals surface area contributed by atoms with Crippen LogP contribution >= 0.6 is 0 Å². The SMILES string of the molecule is COc1ccc2c(c1)CCN(C(=O)Cc1noc(C)n1)C2Cc1ccccc1. The van der Waals surface area contributed by atoms with Crippen molar-refractivity contribution in [1.82, 2.24) is 15.0 Å². The Labute approximate surface area is 164 Å². The molecule has 6 heteroatoms. The van der Waals surface area contributed by atoms with Crippen LogP contribution in [0.4, 0.5) is 0 Å². The first-order chi connectivity index (χ1) is 13.6. The molecule has 0 N–H and O–H groups in total. The molecule has 6 nitrogen and oxygen atoms in total. The minimum atomic E-state index is -0.0300. The average Bonchev–Trinajstić information content (AvgIpc) is 3.13. The number of hydrogen-bond donors (Lipinski definition) is 0. The third-order valence-corrected chi connectivity index (χ3v) is 5.18. The summed E-state index contributed by atoms with van der Waals surface area (Å²) in [6.07, 6.45) is 1.71. The molecule has 0 saturated carbocycles. The zero-order valence-electron chi connectivity index (χ0n) is 16.1. The van der Waals surface area contributed by atoms with Crippen LogP contribution < -0.4 is 4.74 Å². The van der Waals surface area contributed by atoms with Gasteiger partial charge in [-0.1, -0.05) is 41.6 Å². The Bertz CT molecular complexity index is 968. The van der Waals surface area contributed by atoms with Gasteiger partial charge in [0.05, 0.1) is 19.6 Å². The zero-order chi connectivity index (χ0) is 19.5. The number of carbonyl (C=O) groups excluding carboxylic acids is 1. The Kier molecular flexibility index (Phi) is 5.10. The second-order valence-electron chi connectivity index (χ2n) is 7.01. The van der Waals surface area contributed by atoms with E-state index >= 15 is 0 Å². The van der Waals surface area contributed by atoms with E-state index in [1.54, 1.807) is 14.0 Å². The van der Waals surface area contributed by atoms with Gasteiger partial charge < -0.3 is 14.2 Å². The number of fused-ring (bicyclic) bond motifs is 1. The second kappa shape index (κ2) is 7.84. The van der Waals surface area contributed by atoms with E-state index in [1.165, 1.54) is 16.7 Å². The molecule has 1 aliphatic rings. The van der Waals surface area contributed by atoms with Crippen LogP contribution in [0.25, 0.3) is 0 Å². The molecule has 144 valence electrons. The first kappa shape index (κ1) is 18.2. The summed E-state index contributed by atoms with van der Waals surface area (Å²) in [7, 11) is 1.68. The van der Waals surface area contributed by atoms with Gasteiger partial charge >= 0.3 is 0 Å². The van der Waals surface area contributed by atoms with E-state index in [0.29, 0.717) is 18.3 Å². The van der Waals surface area contributed by atoms with Gasteiger partial charge in [0.15, 0.2) is 5.82 Å². The van der Waals surface area contributed by atoms with Crippen LogP contribution in [0.15, 0.2) is 53.1 Å². The van der Waals surface area contributed by atoms with Gasteiger partial charge in [-0.05, 0) is 41.7 Å². The average molecular weight is 377 g/mol. The lowest BCUT2D eigenvalue weighted by atomic mass is 9.88. The topological polar surface area (TPSA) is 68.5 Å². The van der Waals surface area contributed by atoms with Crippen LogP contribution in [0.5, 0.6) is 5.75 Å². The normalized spacial score (nSPS) is 15.9. The fraction of sp³-hybridized carbons (Fsp3) is 0.318. The van der Waals surface area contributed by atoms with Crippen molar-refractivity contribution in [2.45, 2.75) is 32.2 Å². The molecule has 28 heavy (non-hydrogen) atoms. The van der Waals surface area contributed by atoms with Crippen molar-refractivity contribution in [2.75, 3.05) is 13.7 Å². The van der Waals surface area contributed by atoms with Crippen LogP contribution in [0, 0.1) is 6.92 Å². The van der Waals surface area contributed by atoms with Crippen molar-refractivity contribution in [1.29, 1.82) is 0 Å². The van der Waals surface area contributed by atoms with Gasteiger partial charge in [-0.25, -0.2) is 0 Å². The van der Waals surface area contributed by atoms with E-state index in [9.17, 15) is 4.79 Å². The van der Waals surface area contributed by atoms with E-state index in [4.69, 9.17) is 9.26 Å². The lowest BCUT2D eigenvalue weighted by Gasteiger charge is -2.37. The van der Waals surface area contributed by atoms with Gasteiger partial charge in [0.2, 0.25) is 11.8 Å². The highest BCUT2D eigenvalue weighted by Crippen LogP contribution is 2.34. The smallest absolute Gasteiger partial charge is 0.230 e. The Morgan fingerprint density at radius 1 is 1.25 bits per heavy atom. The van der Waals surface area contributed by atoms with Gasteiger partial charge in [-0.3, -0.25) is 4.79 Å². The standard InChI is InChI=1S/C22H23N3O3/c1-15-23-21(24-28-15)14-22(26)25-11-10-17-13-18(27-2)8-9-19(17)20(25)12-16-6-4-3-5-7-16/h3-9,13,20H,10-12,14H2,1-2H3. The van der Waals surface area contributed by atoms with Crippen molar-refractivity contribution in [3.63, 3.8) is 0 Å². The highest BCUT2D eigenvalue weighted by Gasteiger charge is 2.31. The molecule has 1 amide bonds. The van der Waals surface area contributed by atoms with Crippen molar-refractivity contribution >= 4 is 5.91 Å². The molecule has 2 aromatic carbocycles. The maximum atomic E-state index is 13.1.